The van der Waals surface area contributed by atoms with Gasteiger partial charge in [-0.25, -0.2) is 0 Å². The van der Waals surface area contributed by atoms with Crippen molar-refractivity contribution in [3.8, 4) is 0 Å². The fourth-order valence-electron chi connectivity index (χ4n) is 1.15. The van der Waals surface area contributed by atoms with Crippen LogP contribution in [0.1, 0.15) is 11.6 Å². The molecule has 0 amide bonds. The molecule has 0 saturated heterocycles. The van der Waals surface area contributed by atoms with Gasteiger partial charge in [0, 0.05) is 5.75 Å². The second-order valence-electron chi connectivity index (χ2n) is 2.51. The summed E-state index contributed by atoms with van der Waals surface area (Å²) in [5, 5.41) is 0. The average Bonchev–Trinajstić information content (AvgIpc) is 2.58. The monoisotopic (exact) mass is 163 g/mol. The minimum absolute atomic E-state index is 0.404. The van der Waals surface area contributed by atoms with Crippen molar-refractivity contribution in [1.29, 1.82) is 0 Å². The molecule has 1 heterocycles. The highest BCUT2D eigenvalue weighted by molar-refractivity contribution is 8.12. The third-order valence-electron chi connectivity index (χ3n) is 1.75. The van der Waals surface area contributed by atoms with Gasteiger partial charge in [-0.2, -0.15) is 0 Å². The van der Waals surface area contributed by atoms with E-state index in [9.17, 15) is 0 Å². The van der Waals surface area contributed by atoms with Crippen molar-refractivity contribution in [2.24, 2.45) is 4.99 Å². The highest BCUT2D eigenvalue weighted by Gasteiger charge is 2.11. The first-order chi connectivity index (χ1) is 5.47. The van der Waals surface area contributed by atoms with Gasteiger partial charge in [0.05, 0.1) is 11.6 Å². The third-order valence-corrected chi connectivity index (χ3v) is 2.53. The predicted molar refractivity (Wildman–Crippen MR) is 50.1 cm³/mol. The van der Waals surface area contributed by atoms with E-state index in [4.69, 9.17) is 0 Å². The van der Waals surface area contributed by atoms with Crippen LogP contribution in [0.5, 0.6) is 0 Å². The first-order valence-electron chi connectivity index (χ1n) is 3.65. The Labute approximate surface area is 70.5 Å². The normalized spacial score (nSPS) is 22.4. The Hall–Kier alpha value is -0.760. The maximum Gasteiger partial charge on any atom is 0.0849 e. The quantitative estimate of drug-likeness (QED) is 0.619. The fraction of sp³-hybridized carbons (Fsp3) is 0.222. The number of benzene rings is 1. The number of nitrogens with zero attached hydrogens (tertiary/aromatic N) is 1. The molecule has 1 aliphatic heterocycles. The summed E-state index contributed by atoms with van der Waals surface area (Å²) in [5.74, 6) is 1.10. The van der Waals surface area contributed by atoms with Crippen molar-refractivity contribution < 1.29 is 0 Å². The third kappa shape index (κ3) is 1.46. The lowest BCUT2D eigenvalue weighted by Crippen LogP contribution is -1.92. The second kappa shape index (κ2) is 3.09. The molecule has 1 aromatic carbocycles. The zero-order valence-corrected chi connectivity index (χ0v) is 6.92. The van der Waals surface area contributed by atoms with Gasteiger partial charge in [0.1, 0.15) is 0 Å². The Bertz CT molecular complexity index is 256. The number of hydrogen-bond donors (Lipinski definition) is 0. The van der Waals surface area contributed by atoms with Gasteiger partial charge in [-0.1, -0.05) is 30.3 Å². The highest BCUT2D eigenvalue weighted by atomic mass is 32.2. The molecule has 11 heavy (non-hydrogen) atoms. The Kier molecular flexibility index (Phi) is 1.95. The van der Waals surface area contributed by atoms with E-state index in [0.29, 0.717) is 6.04 Å². The average molecular weight is 163 g/mol. The molecule has 1 nitrogen and oxygen atoms in total. The van der Waals surface area contributed by atoms with Crippen molar-refractivity contribution in [2.45, 2.75) is 6.04 Å². The summed E-state index contributed by atoms with van der Waals surface area (Å²) in [4.78, 5) is 4.34. The first kappa shape index (κ1) is 6.92. The molecule has 1 aromatic rings. The van der Waals surface area contributed by atoms with E-state index in [0.717, 1.165) is 5.75 Å². The SMILES string of the molecule is C1=NC(c2ccccc2)CS1. The van der Waals surface area contributed by atoms with E-state index in [1.54, 1.807) is 11.8 Å². The van der Waals surface area contributed by atoms with Crippen LogP contribution in [0, 0.1) is 0 Å². The summed E-state index contributed by atoms with van der Waals surface area (Å²) in [6.45, 7) is 0. The lowest BCUT2D eigenvalue weighted by molar-refractivity contribution is 0.852. The van der Waals surface area contributed by atoms with Crippen LogP contribution in [-0.4, -0.2) is 11.3 Å². The fourth-order valence-corrected chi connectivity index (χ4v) is 1.93. The van der Waals surface area contributed by atoms with E-state index in [1.165, 1.54) is 5.56 Å². The van der Waals surface area contributed by atoms with Gasteiger partial charge in [0.25, 0.3) is 0 Å². The molecular weight excluding hydrogens is 154 g/mol. The largest absolute Gasteiger partial charge is 0.277 e. The molecule has 0 bridgehead atoms. The maximum absolute atomic E-state index is 4.34. The summed E-state index contributed by atoms with van der Waals surface area (Å²) < 4.78 is 0. The minimum Gasteiger partial charge on any atom is -0.277 e. The molecule has 1 aliphatic rings. The van der Waals surface area contributed by atoms with E-state index in [1.807, 2.05) is 11.6 Å². The summed E-state index contributed by atoms with van der Waals surface area (Å²) in [6, 6.07) is 10.8. The molecule has 1 atom stereocenters. The van der Waals surface area contributed by atoms with Crippen molar-refractivity contribution in [2.75, 3.05) is 5.75 Å². The molecule has 0 fully saturated rings. The Balaban J connectivity index is 2.23. The van der Waals surface area contributed by atoms with Gasteiger partial charge >= 0.3 is 0 Å². The topological polar surface area (TPSA) is 12.4 Å². The summed E-state index contributed by atoms with van der Waals surface area (Å²) in [6.07, 6.45) is 0. The van der Waals surface area contributed by atoms with Crippen molar-refractivity contribution in [3.05, 3.63) is 35.9 Å². The number of thioether (sulfide) groups is 1. The van der Waals surface area contributed by atoms with Gasteiger partial charge in [-0.05, 0) is 5.56 Å². The van der Waals surface area contributed by atoms with Gasteiger partial charge in [0.15, 0.2) is 0 Å². The minimum atomic E-state index is 0.404. The van der Waals surface area contributed by atoms with Crippen LogP contribution in [0.3, 0.4) is 0 Å². The number of aliphatic imine (C=N–C) groups is 1. The number of hydrogen-bond acceptors (Lipinski definition) is 2. The number of rotatable bonds is 1. The Morgan fingerprint density at radius 2 is 2.09 bits per heavy atom. The molecule has 0 saturated carbocycles. The summed E-state index contributed by atoms with van der Waals surface area (Å²) >= 11 is 1.79. The highest BCUT2D eigenvalue weighted by Crippen LogP contribution is 2.25. The molecule has 2 rings (SSSR count). The molecule has 0 aliphatic carbocycles. The molecule has 0 N–H and O–H groups in total. The molecule has 0 spiro atoms. The van der Waals surface area contributed by atoms with Crippen molar-refractivity contribution in [3.63, 3.8) is 0 Å². The lowest BCUT2D eigenvalue weighted by atomic mass is 10.1. The van der Waals surface area contributed by atoms with Crippen LogP contribution < -0.4 is 0 Å². The molecule has 56 valence electrons. The zero-order valence-electron chi connectivity index (χ0n) is 6.10. The van der Waals surface area contributed by atoms with Crippen molar-refractivity contribution in [1.82, 2.24) is 0 Å². The van der Waals surface area contributed by atoms with Crippen molar-refractivity contribution >= 4 is 17.3 Å². The van der Waals surface area contributed by atoms with Crippen LogP contribution in [0.2, 0.25) is 0 Å². The molecule has 2 heteroatoms. The molecule has 1 unspecified atom stereocenters. The molecular formula is C9H9NS. The standard InChI is InChI=1S/C9H9NS/c1-2-4-8(5-3-1)9-6-11-7-10-9/h1-5,7,9H,6H2. The maximum atomic E-state index is 4.34. The van der Waals surface area contributed by atoms with E-state index < -0.39 is 0 Å². The zero-order chi connectivity index (χ0) is 7.52. The van der Waals surface area contributed by atoms with Crippen LogP contribution in [0.4, 0.5) is 0 Å². The Morgan fingerprint density at radius 1 is 1.27 bits per heavy atom. The second-order valence-corrected chi connectivity index (χ2v) is 3.39. The summed E-state index contributed by atoms with van der Waals surface area (Å²) in [5.41, 5.74) is 3.27. The molecule has 0 radical (unpaired) electrons. The van der Waals surface area contributed by atoms with E-state index in [2.05, 4.69) is 29.3 Å². The van der Waals surface area contributed by atoms with Gasteiger partial charge in [-0.3, -0.25) is 4.99 Å². The van der Waals surface area contributed by atoms with Crippen LogP contribution in [0.15, 0.2) is 35.3 Å². The summed E-state index contributed by atoms with van der Waals surface area (Å²) in [7, 11) is 0. The first-order valence-corrected chi connectivity index (χ1v) is 4.70. The predicted octanol–water partition coefficient (Wildman–Crippen LogP) is 2.50. The molecule has 0 aromatic heterocycles. The van der Waals surface area contributed by atoms with Crippen LogP contribution in [-0.2, 0) is 0 Å². The van der Waals surface area contributed by atoms with E-state index >= 15 is 0 Å². The van der Waals surface area contributed by atoms with Crippen LogP contribution >= 0.6 is 11.8 Å². The van der Waals surface area contributed by atoms with Gasteiger partial charge < -0.3 is 0 Å². The van der Waals surface area contributed by atoms with Crippen LogP contribution in [0.25, 0.3) is 0 Å². The Morgan fingerprint density at radius 3 is 2.73 bits per heavy atom. The van der Waals surface area contributed by atoms with E-state index in [-0.39, 0.29) is 0 Å². The van der Waals surface area contributed by atoms with Gasteiger partial charge in [0.2, 0.25) is 0 Å². The smallest absolute Gasteiger partial charge is 0.0849 e. The van der Waals surface area contributed by atoms with Gasteiger partial charge in [-0.15, -0.1) is 11.8 Å². The lowest BCUT2D eigenvalue weighted by Gasteiger charge is -2.04.